The predicted octanol–water partition coefficient (Wildman–Crippen LogP) is 2.49. The summed E-state index contributed by atoms with van der Waals surface area (Å²) in [6.45, 7) is 12.1. The molecule has 0 aromatic rings. The van der Waals surface area contributed by atoms with Gasteiger partial charge in [-0.05, 0) is 49.4 Å². The smallest absolute Gasteiger partial charge is 0.315 e. The number of primary amides is 1. The fraction of sp³-hybridized carbons (Fsp3) is 0.821. The van der Waals surface area contributed by atoms with Gasteiger partial charge in [-0.3, -0.25) is 19.2 Å². The van der Waals surface area contributed by atoms with Crippen molar-refractivity contribution in [3.63, 3.8) is 0 Å². The number of rotatable bonds is 9. The average Bonchev–Trinajstić information content (AvgIpc) is 3.13. The molecule has 0 aromatic carbocycles. The van der Waals surface area contributed by atoms with Crippen molar-refractivity contribution in [3.8, 4) is 0 Å². The maximum absolute atomic E-state index is 14.0. The topological polar surface area (TPSA) is 151 Å². The van der Waals surface area contributed by atoms with Crippen LogP contribution >= 0.6 is 0 Å². The number of nitrogens with one attached hydrogen (secondary N) is 3. The summed E-state index contributed by atoms with van der Waals surface area (Å²) in [6.07, 6.45) is 3.69. The third-order valence-electron chi connectivity index (χ3n) is 8.96. The Hall–Kier alpha value is -2.79. The fourth-order valence-electron chi connectivity index (χ4n) is 6.52. The molecule has 0 aromatic heterocycles. The summed E-state index contributed by atoms with van der Waals surface area (Å²) in [5, 5.41) is 8.15. The predicted molar refractivity (Wildman–Crippen MR) is 144 cm³/mol. The minimum Gasteiger partial charge on any atom is -0.363 e. The van der Waals surface area contributed by atoms with Crippen LogP contribution in [-0.2, 0) is 19.2 Å². The van der Waals surface area contributed by atoms with Gasteiger partial charge in [-0.1, -0.05) is 53.9 Å². The van der Waals surface area contributed by atoms with Gasteiger partial charge in [-0.2, -0.15) is 0 Å². The third kappa shape index (κ3) is 6.91. The second kappa shape index (κ2) is 10.9. The average molecular weight is 570 g/mol. The van der Waals surface area contributed by atoms with Crippen LogP contribution in [0.2, 0.25) is 0 Å². The molecule has 3 aliphatic rings. The minimum absolute atomic E-state index is 0.0271. The van der Waals surface area contributed by atoms with Gasteiger partial charge >= 0.3 is 6.03 Å². The number of nitrogens with zero attached hydrogens (tertiary/aromatic N) is 1. The second-order valence-corrected chi connectivity index (χ2v) is 14.0. The first kappa shape index (κ1) is 31.7. The van der Waals surface area contributed by atoms with Crippen LogP contribution in [-0.4, -0.2) is 70.6 Å². The van der Waals surface area contributed by atoms with Crippen molar-refractivity contribution in [2.75, 3.05) is 6.54 Å². The number of carbonyl (C=O) groups is 5. The molecule has 3 fully saturated rings. The van der Waals surface area contributed by atoms with Crippen LogP contribution in [0.5, 0.6) is 0 Å². The van der Waals surface area contributed by atoms with Gasteiger partial charge in [0.1, 0.15) is 18.1 Å². The van der Waals surface area contributed by atoms with Crippen molar-refractivity contribution in [2.24, 2.45) is 28.4 Å². The fourth-order valence-corrected chi connectivity index (χ4v) is 6.52. The number of halogens is 2. The van der Waals surface area contributed by atoms with Crippen molar-refractivity contribution < 1.29 is 32.8 Å². The molecule has 12 heteroatoms. The molecular weight excluding hydrogens is 524 g/mol. The number of urea groups is 1. The van der Waals surface area contributed by atoms with E-state index in [2.05, 4.69) is 16.0 Å². The van der Waals surface area contributed by atoms with Crippen LogP contribution in [0.1, 0.15) is 87.0 Å². The van der Waals surface area contributed by atoms with Gasteiger partial charge in [0.15, 0.2) is 0 Å². The Labute approximate surface area is 234 Å². The number of Topliss-reactive ketones (excluding diaryl/α,β-unsaturated/α-hetero) is 1. The van der Waals surface area contributed by atoms with Gasteiger partial charge in [0.2, 0.25) is 23.5 Å². The monoisotopic (exact) mass is 569 g/mol. The Morgan fingerprint density at radius 2 is 1.55 bits per heavy atom. The number of carbonyl (C=O) groups excluding carboxylic acids is 5. The van der Waals surface area contributed by atoms with Gasteiger partial charge in [0.05, 0.1) is 0 Å². The van der Waals surface area contributed by atoms with E-state index < -0.39 is 65.4 Å². The molecule has 5 amide bonds. The second-order valence-electron chi connectivity index (χ2n) is 14.0. The van der Waals surface area contributed by atoms with E-state index in [0.29, 0.717) is 6.92 Å². The summed E-state index contributed by atoms with van der Waals surface area (Å²) in [5.41, 5.74) is 3.66. The summed E-state index contributed by atoms with van der Waals surface area (Å²) in [6, 6.07) is -4.35. The Kier molecular flexibility index (Phi) is 8.64. The van der Waals surface area contributed by atoms with Gasteiger partial charge in [-0.25, -0.2) is 13.6 Å². The number of amides is 5. The first-order valence-corrected chi connectivity index (χ1v) is 14.1. The number of fused-ring (bicyclic) bond motifs is 1. The molecule has 2 aliphatic carbocycles. The number of alkyl halides is 2. The zero-order valence-electron chi connectivity index (χ0n) is 24.7. The first-order chi connectivity index (χ1) is 18.2. The molecule has 226 valence electrons. The molecule has 2 saturated carbocycles. The van der Waals surface area contributed by atoms with Gasteiger partial charge < -0.3 is 26.6 Å². The van der Waals surface area contributed by atoms with Crippen LogP contribution in [0.15, 0.2) is 0 Å². The number of hydrogen-bond donors (Lipinski definition) is 4. The van der Waals surface area contributed by atoms with E-state index in [1.165, 1.54) is 4.90 Å². The zero-order chi connectivity index (χ0) is 30.4. The number of nitrogens with two attached hydrogens (primary N) is 1. The summed E-state index contributed by atoms with van der Waals surface area (Å²) in [5.74, 6) is -7.72. The highest BCUT2D eigenvalue weighted by atomic mass is 19.3. The van der Waals surface area contributed by atoms with Crippen molar-refractivity contribution in [1.82, 2.24) is 20.9 Å². The van der Waals surface area contributed by atoms with E-state index >= 15 is 0 Å². The highest BCUT2D eigenvalue weighted by Gasteiger charge is 2.70. The molecule has 5 atom stereocenters. The molecule has 0 spiro atoms. The van der Waals surface area contributed by atoms with Crippen LogP contribution in [0.3, 0.4) is 0 Å². The largest absolute Gasteiger partial charge is 0.363 e. The summed E-state index contributed by atoms with van der Waals surface area (Å²) < 4.78 is 27.6. The maximum Gasteiger partial charge on any atom is 0.315 e. The summed E-state index contributed by atoms with van der Waals surface area (Å²) in [7, 11) is 0. The summed E-state index contributed by atoms with van der Waals surface area (Å²) in [4.78, 5) is 65.8. The van der Waals surface area contributed by atoms with E-state index in [0.717, 1.165) is 32.1 Å². The molecule has 40 heavy (non-hydrogen) atoms. The van der Waals surface area contributed by atoms with E-state index in [4.69, 9.17) is 5.73 Å². The molecule has 1 aliphatic heterocycles. The van der Waals surface area contributed by atoms with Crippen molar-refractivity contribution in [3.05, 3.63) is 0 Å². The Morgan fingerprint density at radius 3 is 2.05 bits per heavy atom. The quantitative estimate of drug-likeness (QED) is 0.315. The summed E-state index contributed by atoms with van der Waals surface area (Å²) >= 11 is 0. The minimum atomic E-state index is -3.36. The maximum atomic E-state index is 14.0. The Morgan fingerprint density at radius 1 is 0.975 bits per heavy atom. The Balaban J connectivity index is 1.83. The van der Waals surface area contributed by atoms with E-state index in [1.54, 1.807) is 20.8 Å². The number of piperidine rings is 1. The molecule has 2 unspecified atom stereocenters. The van der Waals surface area contributed by atoms with E-state index in [1.807, 2.05) is 20.8 Å². The molecule has 0 bridgehead atoms. The van der Waals surface area contributed by atoms with E-state index in [-0.39, 0.29) is 29.3 Å². The standard InChI is InChI=1S/C28H45F2N5O5/c1-25(2,3)20(33-24(40)34-27(6)11-9-8-10-12-27)23(39)35-14-15-17(26(15,4)5)18(35)22(38)32-16(13-28(7,29)30)19(36)21(31)37/h15-18,20H,8-14H2,1-7H3,(H2,31,37)(H,32,38)(H2,33,34,40)/t15?,16?,17-,18-,20+/m0/s1. The Bertz CT molecular complexity index is 1040. The number of ketones is 1. The third-order valence-corrected chi connectivity index (χ3v) is 8.96. The van der Waals surface area contributed by atoms with Gasteiger partial charge in [0, 0.05) is 18.5 Å². The first-order valence-electron chi connectivity index (χ1n) is 14.1. The highest BCUT2D eigenvalue weighted by Crippen LogP contribution is 2.65. The SMILES string of the molecule is CC(F)(F)CC(NC(=O)[C@@H]1[C@@H]2C(CN1C(=O)[C@@H](NC(=O)NC1(C)CCCCC1)C(C)(C)C)C2(C)C)C(=O)C(N)=O. The molecular formula is C28H45F2N5O5. The van der Waals surface area contributed by atoms with Crippen molar-refractivity contribution in [1.29, 1.82) is 0 Å². The van der Waals surface area contributed by atoms with Gasteiger partial charge in [-0.15, -0.1) is 0 Å². The number of likely N-dealkylation sites (tertiary alicyclic amines) is 1. The van der Waals surface area contributed by atoms with Crippen molar-refractivity contribution >= 4 is 29.5 Å². The lowest BCUT2D eigenvalue weighted by molar-refractivity contribution is -0.145. The molecule has 1 saturated heterocycles. The molecule has 3 rings (SSSR count). The lowest BCUT2D eigenvalue weighted by Gasteiger charge is -2.39. The van der Waals surface area contributed by atoms with Crippen LogP contribution in [0.25, 0.3) is 0 Å². The molecule has 10 nitrogen and oxygen atoms in total. The van der Waals surface area contributed by atoms with Gasteiger partial charge in [0.25, 0.3) is 5.91 Å². The number of hydrogen-bond acceptors (Lipinski definition) is 5. The lowest BCUT2D eigenvalue weighted by Crippen LogP contribution is -2.62. The van der Waals surface area contributed by atoms with Crippen LogP contribution in [0, 0.1) is 22.7 Å². The zero-order valence-corrected chi connectivity index (χ0v) is 24.7. The van der Waals surface area contributed by atoms with Crippen LogP contribution < -0.4 is 21.7 Å². The lowest BCUT2D eigenvalue weighted by atomic mass is 9.83. The normalized spacial score (nSPS) is 26.6. The molecule has 0 radical (unpaired) electrons. The van der Waals surface area contributed by atoms with Crippen LogP contribution in [0.4, 0.5) is 13.6 Å². The van der Waals surface area contributed by atoms with E-state index in [9.17, 15) is 32.8 Å². The highest BCUT2D eigenvalue weighted by molar-refractivity contribution is 6.37. The van der Waals surface area contributed by atoms with Crippen molar-refractivity contribution in [2.45, 2.75) is 117 Å². The molecule has 5 N–H and O–H groups in total. The molecule has 1 heterocycles.